The molecule has 8 heteroatoms. The van der Waals surface area contributed by atoms with Gasteiger partial charge in [-0.25, -0.2) is 0 Å². The second-order valence-electron chi connectivity index (χ2n) is 7.31. The van der Waals surface area contributed by atoms with Gasteiger partial charge in [0.2, 0.25) is 5.91 Å². The Morgan fingerprint density at radius 2 is 1.82 bits per heavy atom. The van der Waals surface area contributed by atoms with Gasteiger partial charge in [0.1, 0.15) is 6.04 Å². The molecule has 3 saturated heterocycles. The molecule has 5 unspecified atom stereocenters. The summed E-state index contributed by atoms with van der Waals surface area (Å²) in [7, 11) is 4.46. The van der Waals surface area contributed by atoms with Crippen LogP contribution in [0, 0.1) is 0 Å². The first-order chi connectivity index (χ1) is 13.5. The highest BCUT2D eigenvalue weighted by molar-refractivity contribution is 5.83. The molecule has 28 heavy (non-hydrogen) atoms. The summed E-state index contributed by atoms with van der Waals surface area (Å²) in [6.07, 6.45) is 0.0462. The first-order valence-corrected chi connectivity index (χ1v) is 9.54. The summed E-state index contributed by atoms with van der Waals surface area (Å²) in [6, 6.07) is 5.14. The Bertz CT molecular complexity index is 726. The Morgan fingerprint density at radius 1 is 1.11 bits per heavy atom. The van der Waals surface area contributed by atoms with E-state index in [-0.39, 0.29) is 24.3 Å². The number of ether oxygens (including phenoxy) is 3. The molecule has 0 saturated carbocycles. The number of nitrogens with zero attached hydrogens (tertiary/aromatic N) is 2. The summed E-state index contributed by atoms with van der Waals surface area (Å²) in [6.45, 7) is 5.66. The SMILES string of the molecule is COC(=O)CC(NC(=O)C1CN2CCN1CC2C)c1ccc(OC)c(OC)c1. The average Bonchev–Trinajstić information content (AvgIpc) is 2.72. The zero-order valence-electron chi connectivity index (χ0n) is 16.9. The molecule has 3 aliphatic heterocycles. The second-order valence-corrected chi connectivity index (χ2v) is 7.31. The van der Waals surface area contributed by atoms with Crippen molar-refractivity contribution in [1.29, 1.82) is 0 Å². The largest absolute Gasteiger partial charge is 0.493 e. The lowest BCUT2D eigenvalue weighted by Gasteiger charge is -2.50. The van der Waals surface area contributed by atoms with Gasteiger partial charge in [-0.2, -0.15) is 0 Å². The van der Waals surface area contributed by atoms with Crippen LogP contribution in [0.1, 0.15) is 24.9 Å². The number of amides is 1. The monoisotopic (exact) mass is 391 g/mol. The number of carbonyl (C=O) groups excluding carboxylic acids is 2. The van der Waals surface area contributed by atoms with Crippen LogP contribution in [0.4, 0.5) is 0 Å². The van der Waals surface area contributed by atoms with Crippen molar-refractivity contribution in [3.05, 3.63) is 23.8 Å². The van der Waals surface area contributed by atoms with Crippen LogP contribution in [0.15, 0.2) is 18.2 Å². The van der Waals surface area contributed by atoms with Crippen LogP contribution in [0.3, 0.4) is 0 Å². The van der Waals surface area contributed by atoms with E-state index >= 15 is 0 Å². The van der Waals surface area contributed by atoms with E-state index in [1.54, 1.807) is 26.4 Å². The highest BCUT2D eigenvalue weighted by Gasteiger charge is 2.40. The van der Waals surface area contributed by atoms with Gasteiger partial charge in [0.15, 0.2) is 11.5 Å². The van der Waals surface area contributed by atoms with Crippen LogP contribution in [0.25, 0.3) is 0 Å². The molecular weight excluding hydrogens is 362 g/mol. The maximum absolute atomic E-state index is 13.0. The van der Waals surface area contributed by atoms with Crippen molar-refractivity contribution in [3.8, 4) is 11.5 Å². The fourth-order valence-electron chi connectivity index (χ4n) is 4.00. The maximum Gasteiger partial charge on any atom is 0.307 e. The fraction of sp³-hybridized carbons (Fsp3) is 0.600. The van der Waals surface area contributed by atoms with Gasteiger partial charge in [-0.05, 0) is 24.6 Å². The van der Waals surface area contributed by atoms with E-state index in [0.717, 1.165) is 25.2 Å². The zero-order chi connectivity index (χ0) is 20.3. The maximum atomic E-state index is 13.0. The molecule has 1 aromatic carbocycles. The van der Waals surface area contributed by atoms with Gasteiger partial charge in [-0.1, -0.05) is 6.07 Å². The molecule has 8 nitrogen and oxygen atoms in total. The summed E-state index contributed by atoms with van der Waals surface area (Å²) in [5, 5.41) is 3.05. The molecule has 1 aromatic rings. The molecule has 3 aliphatic rings. The van der Waals surface area contributed by atoms with Crippen molar-refractivity contribution in [2.24, 2.45) is 0 Å². The molecule has 1 N–H and O–H groups in total. The minimum atomic E-state index is -0.506. The van der Waals surface area contributed by atoms with Crippen molar-refractivity contribution in [2.75, 3.05) is 47.5 Å². The molecule has 2 bridgehead atoms. The van der Waals surface area contributed by atoms with Crippen molar-refractivity contribution >= 4 is 11.9 Å². The topological polar surface area (TPSA) is 80.3 Å². The van der Waals surface area contributed by atoms with Gasteiger partial charge in [-0.15, -0.1) is 0 Å². The molecule has 1 amide bonds. The Kier molecular flexibility index (Phi) is 6.41. The zero-order valence-corrected chi connectivity index (χ0v) is 16.9. The van der Waals surface area contributed by atoms with Gasteiger partial charge in [0, 0.05) is 32.2 Å². The molecule has 154 valence electrons. The second kappa shape index (κ2) is 8.79. The number of piperazine rings is 3. The number of nitrogens with one attached hydrogen (secondary N) is 1. The Balaban J connectivity index is 1.79. The summed E-state index contributed by atoms with van der Waals surface area (Å²) < 4.78 is 15.5. The van der Waals surface area contributed by atoms with Crippen LogP contribution >= 0.6 is 0 Å². The van der Waals surface area contributed by atoms with E-state index in [9.17, 15) is 9.59 Å². The van der Waals surface area contributed by atoms with Gasteiger partial charge in [0.05, 0.1) is 33.8 Å². The summed E-state index contributed by atoms with van der Waals surface area (Å²) in [5.74, 6) is 0.680. The fourth-order valence-corrected chi connectivity index (χ4v) is 4.00. The Morgan fingerprint density at radius 3 is 2.39 bits per heavy atom. The third kappa shape index (κ3) is 4.23. The number of hydrogen-bond acceptors (Lipinski definition) is 7. The molecule has 0 aliphatic carbocycles. The molecule has 0 spiro atoms. The van der Waals surface area contributed by atoms with E-state index in [4.69, 9.17) is 14.2 Å². The van der Waals surface area contributed by atoms with Crippen molar-refractivity contribution in [3.63, 3.8) is 0 Å². The van der Waals surface area contributed by atoms with Crippen LogP contribution in [-0.4, -0.2) is 81.3 Å². The van der Waals surface area contributed by atoms with E-state index in [1.165, 1.54) is 7.11 Å². The van der Waals surface area contributed by atoms with E-state index in [2.05, 4.69) is 22.0 Å². The third-order valence-corrected chi connectivity index (χ3v) is 5.67. The number of fused-ring (bicyclic) bond motifs is 3. The first-order valence-electron chi connectivity index (χ1n) is 9.54. The predicted octanol–water partition coefficient (Wildman–Crippen LogP) is 0.813. The molecule has 3 heterocycles. The minimum absolute atomic E-state index is 0.0462. The molecule has 0 radical (unpaired) electrons. The van der Waals surface area contributed by atoms with Crippen molar-refractivity contribution in [1.82, 2.24) is 15.1 Å². The smallest absolute Gasteiger partial charge is 0.307 e. The molecule has 3 fully saturated rings. The number of hydrogen-bond donors (Lipinski definition) is 1. The predicted molar refractivity (Wildman–Crippen MR) is 103 cm³/mol. The van der Waals surface area contributed by atoms with E-state index in [0.29, 0.717) is 24.1 Å². The number of benzene rings is 1. The number of rotatable bonds is 7. The summed E-state index contributed by atoms with van der Waals surface area (Å²) >= 11 is 0. The van der Waals surface area contributed by atoms with E-state index in [1.807, 2.05) is 6.07 Å². The summed E-state index contributed by atoms with van der Waals surface area (Å²) in [5.41, 5.74) is 0.765. The van der Waals surface area contributed by atoms with Gasteiger partial charge >= 0.3 is 5.97 Å². The van der Waals surface area contributed by atoms with Crippen LogP contribution in [0.2, 0.25) is 0 Å². The van der Waals surface area contributed by atoms with Gasteiger partial charge in [-0.3, -0.25) is 19.4 Å². The normalized spacial score (nSPS) is 27.0. The highest BCUT2D eigenvalue weighted by Crippen LogP contribution is 2.31. The molecule has 4 rings (SSSR count). The lowest BCUT2D eigenvalue weighted by molar-refractivity contribution is -0.142. The number of esters is 1. The molecule has 5 atom stereocenters. The quantitative estimate of drug-likeness (QED) is 0.689. The van der Waals surface area contributed by atoms with Crippen molar-refractivity contribution < 1.29 is 23.8 Å². The average molecular weight is 391 g/mol. The van der Waals surface area contributed by atoms with Crippen LogP contribution < -0.4 is 14.8 Å². The third-order valence-electron chi connectivity index (χ3n) is 5.67. The Labute approximate surface area is 165 Å². The first kappa shape index (κ1) is 20.4. The van der Waals surface area contributed by atoms with Crippen LogP contribution in [0.5, 0.6) is 11.5 Å². The Hall–Kier alpha value is -2.32. The lowest BCUT2D eigenvalue weighted by Crippen LogP contribution is -2.68. The lowest BCUT2D eigenvalue weighted by atomic mass is 9.99. The van der Waals surface area contributed by atoms with Crippen molar-refractivity contribution in [2.45, 2.75) is 31.5 Å². The van der Waals surface area contributed by atoms with Gasteiger partial charge in [0.25, 0.3) is 0 Å². The summed E-state index contributed by atoms with van der Waals surface area (Å²) in [4.78, 5) is 29.6. The molecule has 0 aromatic heterocycles. The molecular formula is C20H29N3O5. The highest BCUT2D eigenvalue weighted by atomic mass is 16.5. The van der Waals surface area contributed by atoms with Gasteiger partial charge < -0.3 is 19.5 Å². The number of methoxy groups -OCH3 is 3. The number of carbonyl (C=O) groups is 2. The van der Waals surface area contributed by atoms with Crippen LogP contribution in [-0.2, 0) is 14.3 Å². The minimum Gasteiger partial charge on any atom is -0.493 e. The standard InChI is InChI=1S/C20H29N3O5/c1-13-11-23-8-7-22(13)12-16(23)20(25)21-15(10-19(24)28-4)14-5-6-17(26-2)18(9-14)27-3/h5-6,9,13,15-16H,7-8,10-12H2,1-4H3,(H,21,25). The van der Waals surface area contributed by atoms with E-state index < -0.39 is 6.04 Å².